The number of esters is 1. The number of hydrogen-bond acceptors (Lipinski definition) is 13. The van der Waals surface area contributed by atoms with E-state index < -0.39 is 82.5 Å². The van der Waals surface area contributed by atoms with Crippen LogP contribution in [-0.4, -0.2) is 77.8 Å². The van der Waals surface area contributed by atoms with E-state index in [9.17, 15) is 50.4 Å². The van der Waals surface area contributed by atoms with E-state index in [-0.39, 0.29) is 22.6 Å². The summed E-state index contributed by atoms with van der Waals surface area (Å²) in [6, 6.07) is 11.2. The predicted octanol–water partition coefficient (Wildman–Crippen LogP) is 1.77. The monoisotopic (exact) mass is 594 g/mol. The number of aliphatic hydroxyl groups excluding tert-OH is 3. The molecule has 3 aromatic carbocycles. The molecule has 1 fully saturated rings. The average Bonchev–Trinajstić information content (AvgIpc) is 2.97. The second-order valence-corrected chi connectivity index (χ2v) is 9.80. The molecule has 4 aromatic rings. The first kappa shape index (κ1) is 29.4. The van der Waals surface area contributed by atoms with Crippen LogP contribution in [0.25, 0.3) is 28.4 Å². The van der Waals surface area contributed by atoms with Gasteiger partial charge in [-0.1, -0.05) is 12.1 Å². The van der Waals surface area contributed by atoms with E-state index >= 15 is 0 Å². The van der Waals surface area contributed by atoms with Gasteiger partial charge in [0.15, 0.2) is 28.6 Å². The fourth-order valence-electron chi connectivity index (χ4n) is 4.79. The molecule has 0 bridgehead atoms. The lowest BCUT2D eigenvalue weighted by molar-refractivity contribution is -0.239. The van der Waals surface area contributed by atoms with E-state index in [4.69, 9.17) is 13.9 Å². The third kappa shape index (κ3) is 5.69. The Labute approximate surface area is 242 Å². The van der Waals surface area contributed by atoms with Crippen LogP contribution in [0.3, 0.4) is 0 Å². The van der Waals surface area contributed by atoms with Crippen LogP contribution in [0.2, 0.25) is 0 Å². The Morgan fingerprint density at radius 1 is 0.860 bits per heavy atom. The maximum Gasteiger partial charge on any atom is 0.331 e. The van der Waals surface area contributed by atoms with E-state index in [1.165, 1.54) is 36.4 Å². The molecule has 2 heterocycles. The molecular formula is C30H26O13. The van der Waals surface area contributed by atoms with Crippen LogP contribution >= 0.6 is 0 Å². The summed E-state index contributed by atoms with van der Waals surface area (Å²) in [5.41, 5.74) is -0.955. The van der Waals surface area contributed by atoms with Gasteiger partial charge in [0.1, 0.15) is 52.8 Å². The van der Waals surface area contributed by atoms with E-state index in [2.05, 4.69) is 0 Å². The number of benzene rings is 3. The Bertz CT molecular complexity index is 1760. The first-order valence-corrected chi connectivity index (χ1v) is 12.8. The van der Waals surface area contributed by atoms with Gasteiger partial charge >= 0.3 is 5.97 Å². The summed E-state index contributed by atoms with van der Waals surface area (Å²) in [5.74, 6) is -3.51. The highest BCUT2D eigenvalue weighted by Gasteiger charge is 2.49. The van der Waals surface area contributed by atoms with Crippen LogP contribution in [0.1, 0.15) is 17.2 Å². The number of rotatable bonds is 6. The zero-order valence-corrected chi connectivity index (χ0v) is 22.1. The van der Waals surface area contributed by atoms with Gasteiger partial charge < -0.3 is 54.7 Å². The van der Waals surface area contributed by atoms with Crippen molar-refractivity contribution in [2.75, 3.05) is 6.61 Å². The van der Waals surface area contributed by atoms with Gasteiger partial charge in [-0.2, -0.15) is 0 Å². The summed E-state index contributed by atoms with van der Waals surface area (Å²) in [7, 11) is 0. The van der Waals surface area contributed by atoms with Crippen molar-refractivity contribution in [2.24, 2.45) is 0 Å². The van der Waals surface area contributed by atoms with Crippen LogP contribution in [-0.2, 0) is 14.3 Å². The number of phenols is 5. The molecule has 0 radical (unpaired) electrons. The molecule has 13 nitrogen and oxygen atoms in total. The Hall–Kier alpha value is -5.08. The molecule has 5 atom stereocenters. The summed E-state index contributed by atoms with van der Waals surface area (Å²) in [6.45, 7) is -0.797. The van der Waals surface area contributed by atoms with Crippen LogP contribution in [0.15, 0.2) is 69.9 Å². The summed E-state index contributed by atoms with van der Waals surface area (Å²) in [6.07, 6.45) is -6.08. The number of aromatic hydroxyl groups is 5. The van der Waals surface area contributed by atoms with Gasteiger partial charge in [-0.05, 0) is 42.0 Å². The van der Waals surface area contributed by atoms with Crippen molar-refractivity contribution in [1.82, 2.24) is 0 Å². The minimum absolute atomic E-state index is 0.00965. The molecular weight excluding hydrogens is 568 g/mol. The van der Waals surface area contributed by atoms with Crippen molar-refractivity contribution in [3.8, 4) is 40.1 Å². The van der Waals surface area contributed by atoms with Gasteiger partial charge in [-0.15, -0.1) is 0 Å². The van der Waals surface area contributed by atoms with Gasteiger partial charge in [-0.3, -0.25) is 4.79 Å². The van der Waals surface area contributed by atoms with E-state index in [1.807, 2.05) is 0 Å². The first-order chi connectivity index (χ1) is 20.5. The minimum atomic E-state index is -1.87. The molecule has 8 N–H and O–H groups in total. The Kier molecular flexibility index (Phi) is 7.98. The maximum absolute atomic E-state index is 13.1. The Morgan fingerprint density at radius 3 is 2.26 bits per heavy atom. The molecule has 5 rings (SSSR count). The topological polar surface area (TPSA) is 228 Å². The van der Waals surface area contributed by atoms with Crippen molar-refractivity contribution < 1.29 is 59.5 Å². The highest BCUT2D eigenvalue weighted by Crippen LogP contribution is 2.45. The zero-order valence-electron chi connectivity index (χ0n) is 22.1. The number of aliphatic hydroxyl groups is 3. The van der Waals surface area contributed by atoms with E-state index in [0.717, 1.165) is 30.3 Å². The van der Waals surface area contributed by atoms with Crippen molar-refractivity contribution in [1.29, 1.82) is 0 Å². The second kappa shape index (κ2) is 11.7. The lowest BCUT2D eigenvalue weighted by atomic mass is 9.89. The highest BCUT2D eigenvalue weighted by atomic mass is 16.6. The van der Waals surface area contributed by atoms with Crippen molar-refractivity contribution in [3.63, 3.8) is 0 Å². The third-order valence-electron chi connectivity index (χ3n) is 6.97. The second-order valence-electron chi connectivity index (χ2n) is 9.80. The fourth-order valence-corrected chi connectivity index (χ4v) is 4.79. The predicted molar refractivity (Wildman–Crippen MR) is 148 cm³/mol. The van der Waals surface area contributed by atoms with Crippen molar-refractivity contribution in [3.05, 3.63) is 82.0 Å². The third-order valence-corrected chi connectivity index (χ3v) is 6.97. The molecule has 43 heavy (non-hydrogen) atoms. The number of carbonyl (C=O) groups excluding carboxylic acids is 1. The van der Waals surface area contributed by atoms with Crippen LogP contribution in [0, 0.1) is 0 Å². The van der Waals surface area contributed by atoms with Gasteiger partial charge in [0.05, 0.1) is 12.2 Å². The summed E-state index contributed by atoms with van der Waals surface area (Å²) < 4.78 is 17.1. The SMILES string of the molecule is O=C(/C=C/c1ccc(O)cc1)O[C@H]1[C@H](O)[C@@H](O)[C@H](CO)O[C@@H]1c1c(O)cc(O)c2c(=O)cc(-c3ccc(O)c(O)c3)oc12. The van der Waals surface area contributed by atoms with Crippen LogP contribution < -0.4 is 5.43 Å². The summed E-state index contributed by atoms with van der Waals surface area (Å²) in [4.78, 5) is 25.9. The van der Waals surface area contributed by atoms with E-state index in [1.54, 1.807) is 0 Å². The number of carbonyl (C=O) groups is 1. The first-order valence-electron chi connectivity index (χ1n) is 12.8. The molecule has 13 heteroatoms. The Morgan fingerprint density at radius 2 is 1.58 bits per heavy atom. The smallest absolute Gasteiger partial charge is 0.331 e. The number of phenolic OH excluding ortho intramolecular Hbond substituents is 5. The molecule has 1 aromatic heterocycles. The molecule has 0 aliphatic carbocycles. The summed E-state index contributed by atoms with van der Waals surface area (Å²) >= 11 is 0. The van der Waals surface area contributed by atoms with Crippen LogP contribution in [0.5, 0.6) is 28.7 Å². The van der Waals surface area contributed by atoms with Gasteiger partial charge in [0.25, 0.3) is 0 Å². The molecule has 224 valence electrons. The van der Waals surface area contributed by atoms with Crippen LogP contribution in [0.4, 0.5) is 0 Å². The maximum atomic E-state index is 13.1. The number of ether oxygens (including phenoxy) is 2. The quantitative estimate of drug-likeness (QED) is 0.0905. The molecule has 1 aliphatic heterocycles. The molecule has 0 saturated carbocycles. The minimum Gasteiger partial charge on any atom is -0.508 e. The number of fused-ring (bicyclic) bond motifs is 1. The molecule has 1 saturated heterocycles. The van der Waals surface area contributed by atoms with E-state index in [0.29, 0.717) is 5.56 Å². The van der Waals surface area contributed by atoms with Crippen molar-refractivity contribution >= 4 is 23.0 Å². The van der Waals surface area contributed by atoms with Gasteiger partial charge in [-0.25, -0.2) is 4.79 Å². The Balaban J connectivity index is 1.62. The molecule has 0 amide bonds. The fraction of sp³-hybridized carbons (Fsp3) is 0.200. The standard InChI is InChI=1S/C30H26O13/c31-12-22-26(39)27(40)30(43-23(38)8-3-13-1-5-15(32)6-2-13)29(42-22)25-19(36)10-18(35)24-20(37)11-21(41-28(24)25)14-4-7-16(33)17(34)9-14/h1-11,22,26-27,29-36,39-40H,12H2/b8-3+/t22-,26-,27+,29+,30-/m0/s1. The zero-order chi connectivity index (χ0) is 31.0. The lowest BCUT2D eigenvalue weighted by Crippen LogP contribution is -2.56. The molecule has 0 spiro atoms. The van der Waals surface area contributed by atoms with Crippen molar-refractivity contribution in [2.45, 2.75) is 30.5 Å². The number of hydrogen-bond donors (Lipinski definition) is 8. The highest BCUT2D eigenvalue weighted by molar-refractivity contribution is 5.90. The molecule has 0 unspecified atom stereocenters. The van der Waals surface area contributed by atoms with Gasteiger partial charge in [0.2, 0.25) is 0 Å². The molecule has 1 aliphatic rings. The normalized spacial score (nSPS) is 22.2. The average molecular weight is 595 g/mol. The van der Waals surface area contributed by atoms with Gasteiger partial charge in [0, 0.05) is 23.8 Å². The lowest BCUT2D eigenvalue weighted by Gasteiger charge is -2.41. The summed E-state index contributed by atoms with van der Waals surface area (Å²) in [5, 5.41) is 81.4. The largest absolute Gasteiger partial charge is 0.508 e.